The van der Waals surface area contributed by atoms with E-state index in [4.69, 9.17) is 9.47 Å². The maximum atomic E-state index is 12.5. The molecule has 3 heteroatoms. The molecule has 0 radical (unpaired) electrons. The fourth-order valence-electron chi connectivity index (χ4n) is 5.92. The second-order valence-electron chi connectivity index (χ2n) is 10.2. The molecule has 1 heterocycles. The van der Waals surface area contributed by atoms with Crippen LogP contribution < -0.4 is 0 Å². The van der Waals surface area contributed by atoms with Crippen molar-refractivity contribution in [2.45, 2.75) is 71.5 Å². The first kappa shape index (κ1) is 19.8. The predicted molar refractivity (Wildman–Crippen MR) is 118 cm³/mol. The summed E-state index contributed by atoms with van der Waals surface area (Å²) in [5.74, 6) is 0.325. The summed E-state index contributed by atoms with van der Waals surface area (Å²) in [6.45, 7) is 9.41. The molecular weight excluding hydrogens is 372 g/mol. The second kappa shape index (κ2) is 6.95. The van der Waals surface area contributed by atoms with Gasteiger partial charge in [0.05, 0.1) is 11.7 Å². The monoisotopic (exact) mass is 404 g/mol. The van der Waals surface area contributed by atoms with Crippen LogP contribution >= 0.6 is 0 Å². The number of carbonyl (C=O) groups is 1. The zero-order valence-corrected chi connectivity index (χ0v) is 18.6. The average molecular weight is 405 g/mol. The highest BCUT2D eigenvalue weighted by atomic mass is 16.6. The molecule has 2 fully saturated rings. The summed E-state index contributed by atoms with van der Waals surface area (Å²) in [7, 11) is 0. The minimum absolute atomic E-state index is 0.0991. The van der Waals surface area contributed by atoms with Gasteiger partial charge in [0, 0.05) is 6.42 Å². The number of benzene rings is 1. The zero-order chi connectivity index (χ0) is 21.1. The van der Waals surface area contributed by atoms with Crippen LogP contribution in [0.1, 0.15) is 68.8 Å². The van der Waals surface area contributed by atoms with Crippen molar-refractivity contribution in [3.8, 4) is 0 Å². The fraction of sp³-hybridized carbons (Fsp3) is 0.519. The summed E-state index contributed by atoms with van der Waals surface area (Å²) >= 11 is 0. The number of hydrogen-bond acceptors (Lipinski definition) is 3. The smallest absolute Gasteiger partial charge is 0.338 e. The summed E-state index contributed by atoms with van der Waals surface area (Å²) in [4.78, 5) is 12.5. The molecule has 1 spiro atoms. The first-order valence-corrected chi connectivity index (χ1v) is 11.4. The van der Waals surface area contributed by atoms with Crippen molar-refractivity contribution >= 4 is 5.97 Å². The molecule has 1 aliphatic heterocycles. The van der Waals surface area contributed by atoms with E-state index >= 15 is 0 Å². The van der Waals surface area contributed by atoms with E-state index < -0.39 is 0 Å². The summed E-state index contributed by atoms with van der Waals surface area (Å²) in [6, 6.07) is 7.57. The topological polar surface area (TPSA) is 38.8 Å². The minimum Gasteiger partial charge on any atom is -0.458 e. The SMILES string of the molecule is Cc1cccc(C(=O)OCC2=CC=C3C4=C(C(C)C)CC[C@]4(C)CC[C@]34O[C@H]4C2)c1. The highest BCUT2D eigenvalue weighted by Gasteiger charge is 2.64. The standard InChI is InChI=1S/C27H32O3/c1-17(2)21-10-11-26(4)12-13-27-22(24(21)26)9-8-19(15-23(27)30-27)16-29-25(28)20-7-5-6-18(3)14-20/h5-9,14,17,23H,10-13,15-16H2,1-4H3/t23-,26+,27-/m0/s1. The van der Waals surface area contributed by atoms with Gasteiger partial charge in [-0.15, -0.1) is 0 Å². The third-order valence-corrected chi connectivity index (χ3v) is 7.73. The van der Waals surface area contributed by atoms with E-state index in [1.54, 1.807) is 11.1 Å². The molecule has 0 bridgehead atoms. The van der Waals surface area contributed by atoms with Gasteiger partial charge in [-0.2, -0.15) is 0 Å². The van der Waals surface area contributed by atoms with E-state index in [-0.39, 0.29) is 17.7 Å². The predicted octanol–water partition coefficient (Wildman–Crippen LogP) is 6.09. The van der Waals surface area contributed by atoms with Crippen LogP contribution in [0.5, 0.6) is 0 Å². The van der Waals surface area contributed by atoms with Crippen LogP contribution in [0.15, 0.2) is 58.7 Å². The summed E-state index contributed by atoms with van der Waals surface area (Å²) < 4.78 is 12.0. The van der Waals surface area contributed by atoms with E-state index in [1.165, 1.54) is 24.8 Å². The number of aryl methyl sites for hydroxylation is 1. The molecule has 4 aliphatic rings. The average Bonchev–Trinajstić information content (AvgIpc) is 3.30. The number of rotatable bonds is 4. The number of allylic oxidation sites excluding steroid dienone is 3. The molecule has 1 saturated heterocycles. The van der Waals surface area contributed by atoms with Gasteiger partial charge in [-0.3, -0.25) is 0 Å². The van der Waals surface area contributed by atoms with E-state index in [2.05, 4.69) is 32.9 Å². The third-order valence-electron chi connectivity index (χ3n) is 7.73. The molecule has 3 nitrogen and oxygen atoms in total. The molecule has 0 amide bonds. The first-order valence-electron chi connectivity index (χ1n) is 11.4. The minimum atomic E-state index is -0.256. The van der Waals surface area contributed by atoms with Crippen LogP contribution in [0.2, 0.25) is 0 Å². The van der Waals surface area contributed by atoms with Gasteiger partial charge in [0.2, 0.25) is 0 Å². The van der Waals surface area contributed by atoms with E-state index in [9.17, 15) is 4.79 Å². The summed E-state index contributed by atoms with van der Waals surface area (Å²) in [5, 5.41) is 0. The quantitative estimate of drug-likeness (QED) is 0.450. The number of esters is 1. The molecule has 0 unspecified atom stereocenters. The van der Waals surface area contributed by atoms with Crippen LogP contribution in [0, 0.1) is 18.3 Å². The number of fused-ring (bicyclic) bond motifs is 2. The van der Waals surface area contributed by atoms with Crippen molar-refractivity contribution in [3.05, 3.63) is 69.8 Å². The Bertz CT molecular complexity index is 995. The lowest BCUT2D eigenvalue weighted by molar-refractivity contribution is 0.0536. The molecule has 30 heavy (non-hydrogen) atoms. The zero-order valence-electron chi connectivity index (χ0n) is 18.6. The molecule has 158 valence electrons. The Hall–Kier alpha value is -2.13. The van der Waals surface area contributed by atoms with Gasteiger partial charge in [-0.25, -0.2) is 4.79 Å². The Kier molecular flexibility index (Phi) is 4.59. The largest absolute Gasteiger partial charge is 0.458 e. The van der Waals surface area contributed by atoms with Crippen LogP contribution in [0.4, 0.5) is 0 Å². The Balaban J connectivity index is 1.39. The lowest BCUT2D eigenvalue weighted by Gasteiger charge is -2.39. The molecule has 1 aromatic rings. The first-order chi connectivity index (χ1) is 14.3. The third kappa shape index (κ3) is 3.10. The molecule has 5 rings (SSSR count). The number of carbonyl (C=O) groups excluding carboxylic acids is 1. The Morgan fingerprint density at radius 1 is 1.23 bits per heavy atom. The normalized spacial score (nSPS) is 32.0. The van der Waals surface area contributed by atoms with Gasteiger partial charge >= 0.3 is 5.97 Å². The highest BCUT2D eigenvalue weighted by molar-refractivity contribution is 5.89. The lowest BCUT2D eigenvalue weighted by Crippen LogP contribution is -2.34. The fourth-order valence-corrected chi connectivity index (χ4v) is 5.92. The van der Waals surface area contributed by atoms with Crippen molar-refractivity contribution in [1.82, 2.24) is 0 Å². The Morgan fingerprint density at radius 2 is 2.07 bits per heavy atom. The van der Waals surface area contributed by atoms with Gasteiger partial charge in [0.1, 0.15) is 12.2 Å². The van der Waals surface area contributed by atoms with Crippen molar-refractivity contribution < 1.29 is 14.3 Å². The maximum absolute atomic E-state index is 12.5. The van der Waals surface area contributed by atoms with E-state index in [1.807, 2.05) is 31.2 Å². The Morgan fingerprint density at radius 3 is 2.83 bits per heavy atom. The molecule has 3 aliphatic carbocycles. The molecule has 1 saturated carbocycles. The van der Waals surface area contributed by atoms with Gasteiger partial charge in [-0.05, 0) is 72.8 Å². The number of hydrogen-bond donors (Lipinski definition) is 0. The number of epoxide rings is 1. The van der Waals surface area contributed by atoms with Crippen molar-refractivity contribution in [3.63, 3.8) is 0 Å². The Labute approximate surface area is 179 Å². The molecule has 3 atom stereocenters. The molecule has 1 aromatic carbocycles. The molecule has 0 N–H and O–H groups in total. The van der Waals surface area contributed by atoms with E-state index in [0.29, 0.717) is 23.5 Å². The summed E-state index contributed by atoms with van der Waals surface area (Å²) in [6.07, 6.45) is 10.4. The van der Waals surface area contributed by atoms with E-state index in [0.717, 1.165) is 24.0 Å². The van der Waals surface area contributed by atoms with Gasteiger partial charge in [0.15, 0.2) is 0 Å². The number of ether oxygens (including phenoxy) is 2. The van der Waals surface area contributed by atoms with Crippen molar-refractivity contribution in [1.29, 1.82) is 0 Å². The summed E-state index contributed by atoms with van der Waals surface area (Å²) in [5.41, 5.74) is 7.65. The van der Waals surface area contributed by atoms with Crippen LogP contribution in [-0.2, 0) is 9.47 Å². The van der Waals surface area contributed by atoms with Crippen molar-refractivity contribution in [2.24, 2.45) is 11.3 Å². The molecular formula is C27H32O3. The van der Waals surface area contributed by atoms with Gasteiger partial charge in [0.25, 0.3) is 0 Å². The van der Waals surface area contributed by atoms with Gasteiger partial charge in [-0.1, -0.05) is 56.2 Å². The van der Waals surface area contributed by atoms with Crippen LogP contribution in [0.3, 0.4) is 0 Å². The second-order valence-corrected chi connectivity index (χ2v) is 10.2. The van der Waals surface area contributed by atoms with Crippen LogP contribution in [0.25, 0.3) is 0 Å². The van der Waals surface area contributed by atoms with Crippen molar-refractivity contribution in [2.75, 3.05) is 6.61 Å². The molecule has 0 aromatic heterocycles. The highest BCUT2D eigenvalue weighted by Crippen LogP contribution is 2.65. The maximum Gasteiger partial charge on any atom is 0.338 e. The lowest BCUT2D eigenvalue weighted by atomic mass is 9.64. The van der Waals surface area contributed by atoms with Crippen LogP contribution in [-0.4, -0.2) is 24.3 Å². The van der Waals surface area contributed by atoms with Gasteiger partial charge < -0.3 is 9.47 Å².